The molecule has 0 bridgehead atoms. The van der Waals surface area contributed by atoms with Crippen LogP contribution >= 0.6 is 0 Å². The first kappa shape index (κ1) is 13.7. The Kier molecular flexibility index (Phi) is 3.94. The Morgan fingerprint density at radius 2 is 1.63 bits per heavy atom. The Labute approximate surface area is 116 Å². The number of hydrogen-bond donors (Lipinski definition) is 0. The predicted octanol–water partition coefficient (Wildman–Crippen LogP) is 5.37. The van der Waals surface area contributed by atoms with Crippen LogP contribution in [0.1, 0.15) is 38.7 Å². The number of benzene rings is 1. The van der Waals surface area contributed by atoms with Crippen molar-refractivity contribution in [2.45, 2.75) is 33.1 Å². The summed E-state index contributed by atoms with van der Waals surface area (Å²) in [5.41, 5.74) is 5.87. The van der Waals surface area contributed by atoms with Crippen LogP contribution in [0.5, 0.6) is 0 Å². The van der Waals surface area contributed by atoms with Crippen LogP contribution in [0.25, 0.3) is 5.57 Å². The van der Waals surface area contributed by atoms with Crippen molar-refractivity contribution in [3.8, 4) is 0 Å². The lowest BCUT2D eigenvalue weighted by molar-refractivity contribution is 0.674. The van der Waals surface area contributed by atoms with E-state index in [9.17, 15) is 0 Å². The number of rotatable bonds is 4. The first-order valence-corrected chi connectivity index (χ1v) is 6.93. The normalized spacial score (nSPS) is 15.4. The summed E-state index contributed by atoms with van der Waals surface area (Å²) in [5, 5.41) is 0. The second-order valence-electron chi connectivity index (χ2n) is 5.72. The first-order chi connectivity index (χ1) is 8.99. The highest BCUT2D eigenvalue weighted by Crippen LogP contribution is 2.34. The molecule has 1 heterocycles. The molecule has 0 aromatic heterocycles. The maximum Gasteiger partial charge on any atom is 0.0455 e. The molecular formula is C18H23N. The standard InChI is InChI=1S/C18H23N/c1-13(2)12-14(3)17-8-10-18(11-9-17)19-15(4)6-7-16(19)5/h8-11,13H,3-7,12H2,1-2H3. The van der Waals surface area contributed by atoms with Crippen LogP contribution in [-0.4, -0.2) is 0 Å². The lowest BCUT2D eigenvalue weighted by atomic mass is 9.98. The van der Waals surface area contributed by atoms with Crippen LogP contribution in [0.4, 0.5) is 5.69 Å². The van der Waals surface area contributed by atoms with Gasteiger partial charge in [-0.3, -0.25) is 0 Å². The van der Waals surface area contributed by atoms with Crippen molar-refractivity contribution in [2.24, 2.45) is 5.92 Å². The van der Waals surface area contributed by atoms with Gasteiger partial charge >= 0.3 is 0 Å². The number of hydrogen-bond acceptors (Lipinski definition) is 1. The summed E-state index contributed by atoms with van der Waals surface area (Å²) in [6.45, 7) is 16.8. The van der Waals surface area contributed by atoms with Crippen LogP contribution in [0.15, 0.2) is 55.4 Å². The third-order valence-corrected chi connectivity index (χ3v) is 3.52. The van der Waals surface area contributed by atoms with Crippen LogP contribution in [0, 0.1) is 5.92 Å². The predicted molar refractivity (Wildman–Crippen MR) is 84.9 cm³/mol. The largest absolute Gasteiger partial charge is 0.319 e. The third kappa shape index (κ3) is 2.98. The zero-order valence-electron chi connectivity index (χ0n) is 12.1. The molecule has 1 nitrogen and oxygen atoms in total. The Bertz CT molecular complexity index is 489. The van der Waals surface area contributed by atoms with E-state index in [2.05, 4.69) is 62.7 Å². The van der Waals surface area contributed by atoms with E-state index in [1.165, 1.54) is 11.1 Å². The molecule has 0 amide bonds. The fourth-order valence-electron chi connectivity index (χ4n) is 2.56. The van der Waals surface area contributed by atoms with Gasteiger partial charge in [0, 0.05) is 17.1 Å². The molecule has 0 spiro atoms. The summed E-state index contributed by atoms with van der Waals surface area (Å²) in [6.07, 6.45) is 3.07. The number of allylic oxidation sites excluding steroid dienone is 3. The second kappa shape index (κ2) is 5.48. The fraction of sp³-hybridized carbons (Fsp3) is 0.333. The molecule has 0 radical (unpaired) electrons. The van der Waals surface area contributed by atoms with E-state index in [1.54, 1.807) is 0 Å². The summed E-state index contributed by atoms with van der Waals surface area (Å²) >= 11 is 0. The van der Waals surface area contributed by atoms with Crippen molar-refractivity contribution in [3.63, 3.8) is 0 Å². The highest BCUT2D eigenvalue weighted by molar-refractivity contribution is 5.68. The van der Waals surface area contributed by atoms with Gasteiger partial charge in [0.05, 0.1) is 0 Å². The lowest BCUT2D eigenvalue weighted by Crippen LogP contribution is -2.12. The van der Waals surface area contributed by atoms with E-state index in [1.807, 2.05) is 0 Å². The van der Waals surface area contributed by atoms with Gasteiger partial charge in [-0.2, -0.15) is 0 Å². The molecule has 1 aliphatic rings. The van der Waals surface area contributed by atoms with Gasteiger partial charge in [0.2, 0.25) is 0 Å². The maximum atomic E-state index is 4.17. The summed E-state index contributed by atoms with van der Waals surface area (Å²) < 4.78 is 0. The van der Waals surface area contributed by atoms with Crippen molar-refractivity contribution in [1.29, 1.82) is 0 Å². The molecule has 0 unspecified atom stereocenters. The average Bonchev–Trinajstić information content (AvgIpc) is 2.68. The molecule has 1 aromatic carbocycles. The van der Waals surface area contributed by atoms with E-state index >= 15 is 0 Å². The monoisotopic (exact) mass is 253 g/mol. The summed E-state index contributed by atoms with van der Waals surface area (Å²) in [6, 6.07) is 8.59. The van der Waals surface area contributed by atoms with Crippen molar-refractivity contribution >= 4 is 11.3 Å². The maximum absolute atomic E-state index is 4.17. The van der Waals surface area contributed by atoms with E-state index in [-0.39, 0.29) is 0 Å². The van der Waals surface area contributed by atoms with Crippen LogP contribution in [-0.2, 0) is 0 Å². The van der Waals surface area contributed by atoms with E-state index in [4.69, 9.17) is 0 Å². The van der Waals surface area contributed by atoms with Gasteiger partial charge in [0.1, 0.15) is 0 Å². The molecule has 0 atom stereocenters. The minimum atomic E-state index is 0.644. The zero-order valence-corrected chi connectivity index (χ0v) is 12.1. The molecule has 1 heteroatoms. The molecule has 100 valence electrons. The molecule has 1 aromatic rings. The molecule has 1 fully saturated rings. The summed E-state index contributed by atoms with van der Waals surface area (Å²) in [5.74, 6) is 0.644. The smallest absolute Gasteiger partial charge is 0.0455 e. The molecule has 2 rings (SSSR count). The van der Waals surface area contributed by atoms with Crippen LogP contribution < -0.4 is 4.90 Å². The van der Waals surface area contributed by atoms with Gasteiger partial charge in [-0.25, -0.2) is 0 Å². The lowest BCUT2D eigenvalue weighted by Gasteiger charge is -2.21. The Balaban J connectivity index is 2.17. The Morgan fingerprint density at radius 1 is 1.11 bits per heavy atom. The van der Waals surface area contributed by atoms with Gasteiger partial charge in [0.25, 0.3) is 0 Å². The summed E-state index contributed by atoms with van der Waals surface area (Å²) in [4.78, 5) is 2.16. The minimum Gasteiger partial charge on any atom is -0.319 e. The molecule has 1 aliphatic heterocycles. The van der Waals surface area contributed by atoms with E-state index in [0.717, 1.165) is 36.3 Å². The molecule has 0 saturated carbocycles. The van der Waals surface area contributed by atoms with E-state index < -0.39 is 0 Å². The molecule has 19 heavy (non-hydrogen) atoms. The van der Waals surface area contributed by atoms with Gasteiger partial charge in [-0.1, -0.05) is 45.7 Å². The van der Waals surface area contributed by atoms with Crippen LogP contribution in [0.3, 0.4) is 0 Å². The number of anilines is 1. The summed E-state index contributed by atoms with van der Waals surface area (Å²) in [7, 11) is 0. The quantitative estimate of drug-likeness (QED) is 0.697. The molecular weight excluding hydrogens is 230 g/mol. The first-order valence-electron chi connectivity index (χ1n) is 6.93. The van der Waals surface area contributed by atoms with Gasteiger partial charge in [0.15, 0.2) is 0 Å². The fourth-order valence-corrected chi connectivity index (χ4v) is 2.56. The van der Waals surface area contributed by atoms with Crippen molar-refractivity contribution in [2.75, 3.05) is 4.90 Å². The highest BCUT2D eigenvalue weighted by Gasteiger charge is 2.20. The van der Waals surface area contributed by atoms with Gasteiger partial charge in [-0.05, 0) is 48.4 Å². The molecule has 0 aliphatic carbocycles. The van der Waals surface area contributed by atoms with Gasteiger partial charge in [-0.15, -0.1) is 0 Å². The average molecular weight is 253 g/mol. The Morgan fingerprint density at radius 3 is 2.11 bits per heavy atom. The number of nitrogens with zero attached hydrogens (tertiary/aromatic N) is 1. The Hall–Kier alpha value is -1.76. The van der Waals surface area contributed by atoms with Crippen molar-refractivity contribution in [3.05, 3.63) is 61.0 Å². The molecule has 0 N–H and O–H groups in total. The van der Waals surface area contributed by atoms with Gasteiger partial charge < -0.3 is 4.90 Å². The SMILES string of the molecule is C=C(CC(C)C)c1ccc(N2C(=C)CCC2=C)cc1. The third-order valence-electron chi connectivity index (χ3n) is 3.52. The van der Waals surface area contributed by atoms with Crippen molar-refractivity contribution < 1.29 is 0 Å². The van der Waals surface area contributed by atoms with Crippen molar-refractivity contribution in [1.82, 2.24) is 0 Å². The minimum absolute atomic E-state index is 0.644. The molecule has 1 saturated heterocycles. The zero-order chi connectivity index (χ0) is 14.0. The highest BCUT2D eigenvalue weighted by atomic mass is 15.2. The topological polar surface area (TPSA) is 3.24 Å². The second-order valence-corrected chi connectivity index (χ2v) is 5.72. The van der Waals surface area contributed by atoms with E-state index in [0.29, 0.717) is 5.92 Å². The van der Waals surface area contributed by atoms with Crippen LogP contribution in [0.2, 0.25) is 0 Å².